The molecule has 2 rings (SSSR count). The van der Waals surface area contributed by atoms with Gasteiger partial charge in [-0.1, -0.05) is 30.3 Å². The molecule has 1 aromatic rings. The molecule has 1 aromatic carbocycles. The zero-order valence-electron chi connectivity index (χ0n) is 20.8. The molecule has 3 amide bonds. The van der Waals surface area contributed by atoms with Crippen molar-refractivity contribution in [3.8, 4) is 0 Å². The van der Waals surface area contributed by atoms with Gasteiger partial charge in [0.2, 0.25) is 0 Å². The molecule has 0 radical (unpaired) electrons. The van der Waals surface area contributed by atoms with Gasteiger partial charge in [-0.15, -0.1) is 0 Å². The highest BCUT2D eigenvalue weighted by molar-refractivity contribution is 5.88. The number of imide groups is 1. The lowest BCUT2D eigenvalue weighted by Crippen LogP contribution is -2.45. The number of amides is 3. The third-order valence-electron chi connectivity index (χ3n) is 5.07. The van der Waals surface area contributed by atoms with Gasteiger partial charge < -0.3 is 19.1 Å². The lowest BCUT2D eigenvalue weighted by molar-refractivity contribution is 0.0000992. The van der Waals surface area contributed by atoms with Gasteiger partial charge in [-0.3, -0.25) is 0 Å². The minimum Gasteiger partial charge on any atom is -0.445 e. The molecule has 1 aliphatic rings. The molecule has 8 nitrogen and oxygen atoms in total. The highest BCUT2D eigenvalue weighted by Crippen LogP contribution is 2.23. The van der Waals surface area contributed by atoms with Crippen molar-refractivity contribution in [3.63, 3.8) is 0 Å². The van der Waals surface area contributed by atoms with Crippen LogP contribution in [0.4, 0.5) is 14.4 Å². The quantitative estimate of drug-likeness (QED) is 0.530. The highest BCUT2D eigenvalue weighted by atomic mass is 16.6. The van der Waals surface area contributed by atoms with E-state index in [2.05, 4.69) is 0 Å². The van der Waals surface area contributed by atoms with E-state index in [0.717, 1.165) is 23.3 Å². The van der Waals surface area contributed by atoms with Crippen molar-refractivity contribution in [3.05, 3.63) is 35.9 Å². The van der Waals surface area contributed by atoms with Gasteiger partial charge in [0.05, 0.1) is 0 Å². The molecular formula is C25H38N2O6. The van der Waals surface area contributed by atoms with Crippen molar-refractivity contribution < 1.29 is 28.6 Å². The first-order valence-electron chi connectivity index (χ1n) is 11.5. The Hall–Kier alpha value is -2.77. The Morgan fingerprint density at radius 1 is 0.909 bits per heavy atom. The Balaban J connectivity index is 1.85. The predicted molar refractivity (Wildman–Crippen MR) is 125 cm³/mol. The van der Waals surface area contributed by atoms with E-state index in [0.29, 0.717) is 19.5 Å². The van der Waals surface area contributed by atoms with E-state index in [9.17, 15) is 14.4 Å². The molecule has 0 aromatic heterocycles. The number of hydrogen-bond donors (Lipinski definition) is 0. The Morgan fingerprint density at radius 3 is 1.91 bits per heavy atom. The van der Waals surface area contributed by atoms with Crippen molar-refractivity contribution >= 4 is 18.3 Å². The third kappa shape index (κ3) is 9.72. The van der Waals surface area contributed by atoms with Crippen molar-refractivity contribution in [2.75, 3.05) is 19.6 Å². The van der Waals surface area contributed by atoms with Gasteiger partial charge in [0.1, 0.15) is 17.8 Å². The molecule has 1 aliphatic heterocycles. The summed E-state index contributed by atoms with van der Waals surface area (Å²) in [5, 5.41) is 0. The van der Waals surface area contributed by atoms with Crippen LogP contribution in [0.2, 0.25) is 0 Å². The third-order valence-corrected chi connectivity index (χ3v) is 5.07. The van der Waals surface area contributed by atoms with Gasteiger partial charge in [-0.25, -0.2) is 19.3 Å². The zero-order valence-corrected chi connectivity index (χ0v) is 20.8. The molecule has 1 heterocycles. The summed E-state index contributed by atoms with van der Waals surface area (Å²) in [6, 6.07) is 9.57. The van der Waals surface area contributed by atoms with Crippen LogP contribution in [0.15, 0.2) is 30.3 Å². The molecular weight excluding hydrogens is 424 g/mol. The highest BCUT2D eigenvalue weighted by Gasteiger charge is 2.32. The molecule has 0 saturated carbocycles. The minimum atomic E-state index is -0.719. The van der Waals surface area contributed by atoms with Gasteiger partial charge in [-0.05, 0) is 72.3 Å². The first kappa shape index (κ1) is 26.5. The Morgan fingerprint density at radius 2 is 1.42 bits per heavy atom. The van der Waals surface area contributed by atoms with Gasteiger partial charge in [-0.2, -0.15) is 0 Å². The lowest BCUT2D eigenvalue weighted by Gasteiger charge is -2.33. The van der Waals surface area contributed by atoms with Crippen LogP contribution in [0.25, 0.3) is 0 Å². The Kier molecular flexibility index (Phi) is 9.14. The van der Waals surface area contributed by atoms with Crippen LogP contribution in [0.3, 0.4) is 0 Å². The second kappa shape index (κ2) is 11.4. The zero-order chi connectivity index (χ0) is 24.6. The standard InChI is InChI=1S/C25H38N2O6/c1-24(2,3)32-22(29)27(23(30)33-25(4,5)6)17-14-19-12-15-26(16-13-19)21(28)31-18-20-10-8-7-9-11-20/h7-11,19H,12-18H2,1-6H3. The van der Waals surface area contributed by atoms with Crippen LogP contribution in [-0.2, 0) is 20.8 Å². The number of rotatable bonds is 5. The summed E-state index contributed by atoms with van der Waals surface area (Å²) in [6.07, 6.45) is 0.429. The summed E-state index contributed by atoms with van der Waals surface area (Å²) in [5.74, 6) is 0.274. The molecule has 33 heavy (non-hydrogen) atoms. The number of hydrogen-bond acceptors (Lipinski definition) is 6. The maximum atomic E-state index is 12.6. The lowest BCUT2D eigenvalue weighted by atomic mass is 9.93. The molecule has 0 spiro atoms. The number of piperidine rings is 1. The van der Waals surface area contributed by atoms with E-state index in [1.54, 1.807) is 46.4 Å². The molecule has 0 bridgehead atoms. The second-order valence-corrected chi connectivity index (χ2v) is 10.4. The molecule has 1 saturated heterocycles. The molecule has 0 unspecified atom stereocenters. The van der Waals surface area contributed by atoms with E-state index >= 15 is 0 Å². The van der Waals surface area contributed by atoms with Crippen LogP contribution in [0, 0.1) is 5.92 Å². The smallest absolute Gasteiger partial charge is 0.419 e. The molecule has 8 heteroatoms. The molecule has 0 atom stereocenters. The monoisotopic (exact) mass is 462 g/mol. The van der Waals surface area contributed by atoms with Crippen LogP contribution in [0.1, 0.15) is 66.4 Å². The maximum Gasteiger partial charge on any atom is 0.419 e. The SMILES string of the molecule is CC(C)(C)OC(=O)N(CCC1CCN(C(=O)OCc2ccccc2)CC1)C(=O)OC(C)(C)C. The van der Waals surface area contributed by atoms with Gasteiger partial charge in [0.25, 0.3) is 0 Å². The number of carbonyl (C=O) groups excluding carboxylic acids is 3. The summed E-state index contributed by atoms with van der Waals surface area (Å²) in [6.45, 7) is 12.1. The largest absolute Gasteiger partial charge is 0.445 e. The fourth-order valence-electron chi connectivity index (χ4n) is 3.42. The van der Waals surface area contributed by atoms with Crippen LogP contribution in [0.5, 0.6) is 0 Å². The summed E-state index contributed by atoms with van der Waals surface area (Å²) >= 11 is 0. The summed E-state index contributed by atoms with van der Waals surface area (Å²) in [7, 11) is 0. The first-order valence-corrected chi connectivity index (χ1v) is 11.5. The summed E-state index contributed by atoms with van der Waals surface area (Å²) < 4.78 is 16.2. The number of ether oxygens (including phenoxy) is 3. The number of likely N-dealkylation sites (tertiary alicyclic amines) is 1. The Bertz CT molecular complexity index is 761. The second-order valence-electron chi connectivity index (χ2n) is 10.4. The van der Waals surface area contributed by atoms with E-state index in [1.807, 2.05) is 30.3 Å². The number of benzene rings is 1. The van der Waals surface area contributed by atoms with E-state index in [4.69, 9.17) is 14.2 Å². The Labute approximate surface area is 197 Å². The molecule has 0 aliphatic carbocycles. The normalized spacial score (nSPS) is 15.0. The van der Waals surface area contributed by atoms with Crippen LogP contribution < -0.4 is 0 Å². The molecule has 1 fully saturated rings. The van der Waals surface area contributed by atoms with Crippen molar-refractivity contribution in [2.45, 2.75) is 78.6 Å². The fourth-order valence-corrected chi connectivity index (χ4v) is 3.42. The van der Waals surface area contributed by atoms with Crippen molar-refractivity contribution in [1.29, 1.82) is 0 Å². The predicted octanol–water partition coefficient (Wildman–Crippen LogP) is 5.60. The number of carbonyl (C=O) groups is 3. The first-order chi connectivity index (χ1) is 15.3. The van der Waals surface area contributed by atoms with Crippen molar-refractivity contribution in [1.82, 2.24) is 9.80 Å². The van der Waals surface area contributed by atoms with Crippen LogP contribution >= 0.6 is 0 Å². The minimum absolute atomic E-state index is 0.201. The summed E-state index contributed by atoms with van der Waals surface area (Å²) in [5.41, 5.74) is -0.490. The van der Waals surface area contributed by atoms with Crippen LogP contribution in [-0.4, -0.2) is 58.9 Å². The van der Waals surface area contributed by atoms with E-state index < -0.39 is 23.4 Å². The topological polar surface area (TPSA) is 85.4 Å². The van der Waals surface area contributed by atoms with Gasteiger partial charge in [0, 0.05) is 19.6 Å². The average molecular weight is 463 g/mol. The molecule has 184 valence electrons. The molecule has 0 N–H and O–H groups in total. The maximum absolute atomic E-state index is 12.6. The summed E-state index contributed by atoms with van der Waals surface area (Å²) in [4.78, 5) is 40.4. The number of nitrogens with zero attached hydrogens (tertiary/aromatic N) is 2. The van der Waals surface area contributed by atoms with E-state index in [-0.39, 0.29) is 25.2 Å². The van der Waals surface area contributed by atoms with Gasteiger partial charge in [0.15, 0.2) is 0 Å². The fraction of sp³-hybridized carbons (Fsp3) is 0.640. The average Bonchev–Trinajstić information content (AvgIpc) is 2.71. The van der Waals surface area contributed by atoms with E-state index in [1.165, 1.54) is 0 Å². The van der Waals surface area contributed by atoms with Crippen molar-refractivity contribution in [2.24, 2.45) is 5.92 Å². The van der Waals surface area contributed by atoms with Gasteiger partial charge >= 0.3 is 18.3 Å².